The SMILES string of the molecule is CC(=O)Nc1ccc(NS(=O)(=O)c2ccc(-c3coc(C)n3)cc2)cc1. The molecule has 8 heteroatoms. The van der Waals surface area contributed by atoms with E-state index < -0.39 is 10.0 Å². The van der Waals surface area contributed by atoms with E-state index in [-0.39, 0.29) is 10.8 Å². The number of rotatable bonds is 5. The van der Waals surface area contributed by atoms with Crippen molar-refractivity contribution in [3.05, 3.63) is 60.7 Å². The molecule has 0 saturated heterocycles. The van der Waals surface area contributed by atoms with E-state index in [4.69, 9.17) is 4.42 Å². The molecule has 1 aromatic heterocycles. The van der Waals surface area contributed by atoms with Crippen LogP contribution in [0.25, 0.3) is 11.3 Å². The molecular formula is C18H17N3O4S. The second-order valence-electron chi connectivity index (χ2n) is 5.64. The Labute approximate surface area is 151 Å². The standard InChI is InChI=1S/C18H17N3O4S/c1-12(22)19-15-5-7-16(8-6-15)21-26(23,24)17-9-3-14(4-10-17)18-11-25-13(2)20-18/h3-11,21H,1-2H3,(H,19,22). The lowest BCUT2D eigenvalue weighted by atomic mass is 10.2. The van der Waals surface area contributed by atoms with E-state index in [2.05, 4.69) is 15.0 Å². The highest BCUT2D eigenvalue weighted by atomic mass is 32.2. The number of aryl methyl sites for hydroxylation is 1. The molecule has 0 spiro atoms. The minimum absolute atomic E-state index is 0.132. The summed E-state index contributed by atoms with van der Waals surface area (Å²) < 4.78 is 32.7. The van der Waals surface area contributed by atoms with Crippen LogP contribution < -0.4 is 10.0 Å². The summed E-state index contributed by atoms with van der Waals surface area (Å²) in [6, 6.07) is 12.8. The highest BCUT2D eigenvalue weighted by Crippen LogP contribution is 2.23. The van der Waals surface area contributed by atoms with Gasteiger partial charge in [0.1, 0.15) is 12.0 Å². The number of anilines is 2. The van der Waals surface area contributed by atoms with Crippen LogP contribution in [0.3, 0.4) is 0 Å². The summed E-state index contributed by atoms with van der Waals surface area (Å²) in [5.74, 6) is 0.349. The van der Waals surface area contributed by atoms with Gasteiger partial charge in [0, 0.05) is 30.8 Å². The number of benzene rings is 2. The van der Waals surface area contributed by atoms with Gasteiger partial charge in [-0.2, -0.15) is 0 Å². The van der Waals surface area contributed by atoms with Gasteiger partial charge in [0.05, 0.1) is 4.90 Å². The third-order valence-electron chi connectivity index (χ3n) is 3.54. The van der Waals surface area contributed by atoms with Crippen molar-refractivity contribution in [2.75, 3.05) is 10.0 Å². The monoisotopic (exact) mass is 371 g/mol. The third kappa shape index (κ3) is 4.09. The van der Waals surface area contributed by atoms with E-state index in [1.54, 1.807) is 43.3 Å². The second kappa shape index (κ2) is 7.01. The smallest absolute Gasteiger partial charge is 0.261 e. The number of carbonyl (C=O) groups excluding carboxylic acids is 1. The molecule has 134 valence electrons. The van der Waals surface area contributed by atoms with Crippen molar-refractivity contribution < 1.29 is 17.6 Å². The Kier molecular flexibility index (Phi) is 4.77. The molecular weight excluding hydrogens is 354 g/mol. The lowest BCUT2D eigenvalue weighted by Gasteiger charge is -2.09. The van der Waals surface area contributed by atoms with Gasteiger partial charge in [-0.15, -0.1) is 0 Å². The van der Waals surface area contributed by atoms with Gasteiger partial charge < -0.3 is 9.73 Å². The lowest BCUT2D eigenvalue weighted by molar-refractivity contribution is -0.114. The maximum atomic E-state index is 12.5. The number of oxazole rings is 1. The summed E-state index contributed by atoms with van der Waals surface area (Å²) in [5.41, 5.74) is 2.40. The molecule has 7 nitrogen and oxygen atoms in total. The summed E-state index contributed by atoms with van der Waals surface area (Å²) in [6.07, 6.45) is 1.52. The molecule has 0 atom stereocenters. The molecule has 3 rings (SSSR count). The number of sulfonamides is 1. The number of carbonyl (C=O) groups is 1. The van der Waals surface area contributed by atoms with E-state index in [0.717, 1.165) is 5.56 Å². The predicted octanol–water partition coefficient (Wildman–Crippen LogP) is 3.41. The Morgan fingerprint density at radius 3 is 2.15 bits per heavy atom. The molecule has 0 unspecified atom stereocenters. The fourth-order valence-electron chi connectivity index (χ4n) is 2.34. The minimum Gasteiger partial charge on any atom is -0.449 e. The Balaban J connectivity index is 1.76. The topological polar surface area (TPSA) is 101 Å². The molecule has 0 radical (unpaired) electrons. The summed E-state index contributed by atoms with van der Waals surface area (Å²) in [4.78, 5) is 15.3. The van der Waals surface area contributed by atoms with E-state index in [1.165, 1.54) is 25.3 Å². The molecule has 0 bridgehead atoms. The molecule has 26 heavy (non-hydrogen) atoms. The zero-order valence-electron chi connectivity index (χ0n) is 14.2. The quantitative estimate of drug-likeness (QED) is 0.716. The number of hydrogen-bond acceptors (Lipinski definition) is 5. The first kappa shape index (κ1) is 17.7. The highest BCUT2D eigenvalue weighted by molar-refractivity contribution is 7.92. The van der Waals surface area contributed by atoms with Crippen LogP contribution in [-0.2, 0) is 14.8 Å². The zero-order chi connectivity index (χ0) is 18.7. The fourth-order valence-corrected chi connectivity index (χ4v) is 3.40. The molecule has 2 aromatic carbocycles. The minimum atomic E-state index is -3.72. The third-order valence-corrected chi connectivity index (χ3v) is 4.93. The van der Waals surface area contributed by atoms with Crippen LogP contribution >= 0.6 is 0 Å². The summed E-state index contributed by atoms with van der Waals surface area (Å²) >= 11 is 0. The highest BCUT2D eigenvalue weighted by Gasteiger charge is 2.15. The Bertz CT molecular complexity index is 1020. The lowest BCUT2D eigenvalue weighted by Crippen LogP contribution is -2.13. The summed E-state index contributed by atoms with van der Waals surface area (Å²) in [7, 11) is -3.72. The van der Waals surface area contributed by atoms with Crippen LogP contribution in [0.15, 0.2) is 64.1 Å². The molecule has 0 aliphatic heterocycles. The van der Waals surface area contributed by atoms with Crippen LogP contribution in [-0.4, -0.2) is 19.3 Å². The number of aromatic nitrogens is 1. The van der Waals surface area contributed by atoms with Crippen LogP contribution in [0.1, 0.15) is 12.8 Å². The average molecular weight is 371 g/mol. The van der Waals surface area contributed by atoms with Crippen molar-refractivity contribution in [2.45, 2.75) is 18.7 Å². The molecule has 2 N–H and O–H groups in total. The van der Waals surface area contributed by atoms with Gasteiger partial charge in [-0.05, 0) is 36.4 Å². The van der Waals surface area contributed by atoms with E-state index in [0.29, 0.717) is 23.0 Å². The van der Waals surface area contributed by atoms with Gasteiger partial charge in [0.25, 0.3) is 10.0 Å². The van der Waals surface area contributed by atoms with Gasteiger partial charge in [0.2, 0.25) is 5.91 Å². The molecule has 0 saturated carbocycles. The van der Waals surface area contributed by atoms with Gasteiger partial charge in [-0.25, -0.2) is 13.4 Å². The maximum Gasteiger partial charge on any atom is 0.261 e. The molecule has 0 aliphatic carbocycles. The first-order valence-corrected chi connectivity index (χ1v) is 9.25. The van der Waals surface area contributed by atoms with E-state index in [1.807, 2.05) is 0 Å². The van der Waals surface area contributed by atoms with Crippen molar-refractivity contribution in [1.29, 1.82) is 0 Å². The van der Waals surface area contributed by atoms with Crippen molar-refractivity contribution in [3.8, 4) is 11.3 Å². The van der Waals surface area contributed by atoms with Gasteiger partial charge in [-0.1, -0.05) is 12.1 Å². The van der Waals surface area contributed by atoms with Crippen molar-refractivity contribution in [1.82, 2.24) is 4.98 Å². The summed E-state index contributed by atoms with van der Waals surface area (Å²) in [5, 5.41) is 2.62. The summed E-state index contributed by atoms with van der Waals surface area (Å²) in [6.45, 7) is 3.14. The molecule has 0 aliphatic rings. The first-order valence-electron chi connectivity index (χ1n) is 7.76. The number of nitrogens with zero attached hydrogens (tertiary/aromatic N) is 1. The normalized spacial score (nSPS) is 11.2. The average Bonchev–Trinajstić information content (AvgIpc) is 3.03. The fraction of sp³-hybridized carbons (Fsp3) is 0.111. The van der Waals surface area contributed by atoms with Crippen LogP contribution in [0, 0.1) is 6.92 Å². The van der Waals surface area contributed by atoms with Crippen LogP contribution in [0.5, 0.6) is 0 Å². The molecule has 1 heterocycles. The number of amides is 1. The van der Waals surface area contributed by atoms with Gasteiger partial charge in [-0.3, -0.25) is 9.52 Å². The van der Waals surface area contributed by atoms with Crippen molar-refractivity contribution >= 4 is 27.3 Å². The Hall–Kier alpha value is -3.13. The van der Waals surface area contributed by atoms with E-state index in [9.17, 15) is 13.2 Å². The largest absolute Gasteiger partial charge is 0.449 e. The zero-order valence-corrected chi connectivity index (χ0v) is 15.0. The maximum absolute atomic E-state index is 12.5. The van der Waals surface area contributed by atoms with E-state index >= 15 is 0 Å². The Morgan fingerprint density at radius 2 is 1.62 bits per heavy atom. The van der Waals surface area contributed by atoms with Crippen LogP contribution in [0.4, 0.5) is 11.4 Å². The van der Waals surface area contributed by atoms with Crippen LogP contribution in [0.2, 0.25) is 0 Å². The molecule has 3 aromatic rings. The number of nitrogens with one attached hydrogen (secondary N) is 2. The van der Waals surface area contributed by atoms with Crippen molar-refractivity contribution in [3.63, 3.8) is 0 Å². The molecule has 0 fully saturated rings. The predicted molar refractivity (Wildman–Crippen MR) is 98.2 cm³/mol. The first-order chi connectivity index (χ1) is 12.3. The second-order valence-corrected chi connectivity index (χ2v) is 7.32. The number of hydrogen-bond donors (Lipinski definition) is 2. The van der Waals surface area contributed by atoms with Crippen molar-refractivity contribution in [2.24, 2.45) is 0 Å². The van der Waals surface area contributed by atoms with Gasteiger partial charge in [0.15, 0.2) is 5.89 Å². The Morgan fingerprint density at radius 1 is 1.00 bits per heavy atom. The molecule has 1 amide bonds. The van der Waals surface area contributed by atoms with Gasteiger partial charge >= 0.3 is 0 Å².